The number of thiophene rings is 1. The van der Waals surface area contributed by atoms with E-state index in [1.165, 1.54) is 10.4 Å². The average Bonchev–Trinajstić information content (AvgIpc) is 2.61. The van der Waals surface area contributed by atoms with Crippen LogP contribution >= 0.6 is 11.3 Å². The van der Waals surface area contributed by atoms with E-state index in [1.54, 1.807) is 11.3 Å². The van der Waals surface area contributed by atoms with Gasteiger partial charge in [0.25, 0.3) is 0 Å². The Bertz CT molecular complexity index is 335. The second kappa shape index (κ2) is 5.72. The molecule has 4 nitrogen and oxygen atoms in total. The molecule has 1 rings (SSSR count). The van der Waals surface area contributed by atoms with E-state index in [-0.39, 0.29) is 11.9 Å². The highest BCUT2D eigenvalue weighted by Gasteiger charge is 2.06. The number of aryl methyl sites for hydroxylation is 1. The van der Waals surface area contributed by atoms with Crippen LogP contribution in [0, 0.1) is 6.92 Å². The summed E-state index contributed by atoms with van der Waals surface area (Å²) < 4.78 is 0. The smallest absolute Gasteiger partial charge is 0.140 e. The molecule has 0 amide bonds. The average molecular weight is 227 g/mol. The Morgan fingerprint density at radius 2 is 2.47 bits per heavy atom. The minimum absolute atomic E-state index is 0.211. The van der Waals surface area contributed by atoms with E-state index in [2.05, 4.69) is 28.8 Å². The van der Waals surface area contributed by atoms with Crippen molar-refractivity contribution < 1.29 is 5.21 Å². The van der Waals surface area contributed by atoms with Gasteiger partial charge in [-0.3, -0.25) is 0 Å². The third kappa shape index (κ3) is 3.89. The Labute approximate surface area is 93.8 Å². The van der Waals surface area contributed by atoms with Crippen LogP contribution < -0.4 is 11.1 Å². The number of hydrogen-bond acceptors (Lipinski definition) is 4. The fourth-order valence-corrected chi connectivity index (χ4v) is 2.14. The summed E-state index contributed by atoms with van der Waals surface area (Å²) in [6, 6.07) is 2.32. The third-order valence-electron chi connectivity index (χ3n) is 2.22. The SMILES string of the molecule is Cc1ccsc1CNC(C)CC(N)=NO. The van der Waals surface area contributed by atoms with Crippen molar-refractivity contribution in [1.82, 2.24) is 5.32 Å². The molecule has 0 aliphatic rings. The molecule has 0 aliphatic carbocycles. The molecule has 0 saturated heterocycles. The van der Waals surface area contributed by atoms with Crippen LogP contribution in [-0.4, -0.2) is 17.1 Å². The molecule has 4 N–H and O–H groups in total. The van der Waals surface area contributed by atoms with Crippen molar-refractivity contribution in [2.24, 2.45) is 10.9 Å². The molecule has 0 bridgehead atoms. The Morgan fingerprint density at radius 3 is 3.00 bits per heavy atom. The second-order valence-electron chi connectivity index (χ2n) is 3.60. The van der Waals surface area contributed by atoms with Crippen molar-refractivity contribution >= 4 is 17.2 Å². The van der Waals surface area contributed by atoms with Gasteiger partial charge in [-0.15, -0.1) is 11.3 Å². The lowest BCUT2D eigenvalue weighted by atomic mass is 10.2. The van der Waals surface area contributed by atoms with Gasteiger partial charge in [0, 0.05) is 23.9 Å². The van der Waals surface area contributed by atoms with Crippen LogP contribution in [0.4, 0.5) is 0 Å². The fraction of sp³-hybridized carbons (Fsp3) is 0.500. The van der Waals surface area contributed by atoms with Crippen molar-refractivity contribution in [3.8, 4) is 0 Å². The molecule has 84 valence electrons. The first-order valence-electron chi connectivity index (χ1n) is 4.86. The summed E-state index contributed by atoms with van der Waals surface area (Å²) in [7, 11) is 0. The number of nitrogens with two attached hydrogens (primary N) is 1. The normalized spacial score (nSPS) is 14.1. The van der Waals surface area contributed by atoms with Gasteiger partial charge < -0.3 is 16.3 Å². The van der Waals surface area contributed by atoms with Crippen LogP contribution in [0.1, 0.15) is 23.8 Å². The number of rotatable bonds is 5. The Hall–Kier alpha value is -1.07. The van der Waals surface area contributed by atoms with Gasteiger partial charge in [-0.05, 0) is 30.9 Å². The molecule has 1 aromatic heterocycles. The largest absolute Gasteiger partial charge is 0.409 e. The first-order chi connectivity index (χ1) is 7.13. The monoisotopic (exact) mass is 227 g/mol. The van der Waals surface area contributed by atoms with E-state index in [1.807, 2.05) is 6.92 Å². The van der Waals surface area contributed by atoms with Crippen molar-refractivity contribution in [2.75, 3.05) is 0 Å². The standard InChI is InChI=1S/C10H17N3OS/c1-7-3-4-15-9(7)6-12-8(2)5-10(11)13-14/h3-4,8,12,14H,5-6H2,1-2H3,(H2,11,13). The summed E-state index contributed by atoms with van der Waals surface area (Å²) >= 11 is 1.74. The van der Waals surface area contributed by atoms with E-state index in [0.29, 0.717) is 6.42 Å². The summed E-state index contributed by atoms with van der Waals surface area (Å²) in [6.45, 7) is 4.95. The van der Waals surface area contributed by atoms with Crippen LogP contribution in [0.25, 0.3) is 0 Å². The van der Waals surface area contributed by atoms with Gasteiger partial charge in [-0.1, -0.05) is 5.16 Å². The molecule has 1 aromatic rings. The molecule has 0 aliphatic heterocycles. The maximum atomic E-state index is 8.42. The molecule has 5 heteroatoms. The van der Waals surface area contributed by atoms with Crippen LogP contribution in [0.5, 0.6) is 0 Å². The van der Waals surface area contributed by atoms with Gasteiger partial charge in [0.2, 0.25) is 0 Å². The molecule has 0 radical (unpaired) electrons. The highest BCUT2D eigenvalue weighted by Crippen LogP contribution is 2.15. The highest BCUT2D eigenvalue weighted by molar-refractivity contribution is 7.10. The minimum atomic E-state index is 0.211. The lowest BCUT2D eigenvalue weighted by Gasteiger charge is -2.12. The molecular weight excluding hydrogens is 210 g/mol. The lowest BCUT2D eigenvalue weighted by molar-refractivity contribution is 0.316. The van der Waals surface area contributed by atoms with E-state index < -0.39 is 0 Å². The van der Waals surface area contributed by atoms with Gasteiger partial charge in [0.1, 0.15) is 5.84 Å². The van der Waals surface area contributed by atoms with E-state index in [4.69, 9.17) is 10.9 Å². The van der Waals surface area contributed by atoms with E-state index >= 15 is 0 Å². The Balaban J connectivity index is 2.34. The Kier molecular flexibility index (Phi) is 4.58. The molecule has 15 heavy (non-hydrogen) atoms. The third-order valence-corrected chi connectivity index (χ3v) is 3.25. The predicted octanol–water partition coefficient (Wildman–Crippen LogP) is 1.67. The molecule has 1 atom stereocenters. The predicted molar refractivity (Wildman–Crippen MR) is 63.4 cm³/mol. The van der Waals surface area contributed by atoms with Crippen LogP contribution in [0.2, 0.25) is 0 Å². The van der Waals surface area contributed by atoms with Gasteiger partial charge in [-0.2, -0.15) is 0 Å². The summed E-state index contributed by atoms with van der Waals surface area (Å²) in [5, 5.41) is 16.8. The van der Waals surface area contributed by atoms with Crippen LogP contribution in [0.3, 0.4) is 0 Å². The number of oxime groups is 1. The summed E-state index contributed by atoms with van der Waals surface area (Å²) in [5.41, 5.74) is 6.72. The second-order valence-corrected chi connectivity index (χ2v) is 4.60. The quantitative estimate of drug-likeness (QED) is 0.310. The fourth-order valence-electron chi connectivity index (χ4n) is 1.28. The number of nitrogens with one attached hydrogen (secondary N) is 1. The number of nitrogens with zero attached hydrogens (tertiary/aromatic N) is 1. The topological polar surface area (TPSA) is 70.6 Å². The molecule has 0 spiro atoms. The summed E-state index contributed by atoms with van der Waals surface area (Å²) in [5.74, 6) is 0.262. The van der Waals surface area contributed by atoms with Crippen LogP contribution in [-0.2, 0) is 6.54 Å². The number of amidine groups is 1. The zero-order valence-corrected chi connectivity index (χ0v) is 9.84. The maximum absolute atomic E-state index is 8.42. The summed E-state index contributed by atoms with van der Waals surface area (Å²) in [6.07, 6.45) is 0.556. The highest BCUT2D eigenvalue weighted by atomic mass is 32.1. The van der Waals surface area contributed by atoms with Crippen molar-refractivity contribution in [3.63, 3.8) is 0 Å². The summed E-state index contributed by atoms with van der Waals surface area (Å²) in [4.78, 5) is 1.33. The van der Waals surface area contributed by atoms with Crippen molar-refractivity contribution in [2.45, 2.75) is 32.9 Å². The molecule has 1 heterocycles. The molecule has 0 aromatic carbocycles. The molecule has 0 fully saturated rings. The van der Waals surface area contributed by atoms with Gasteiger partial charge in [0.05, 0.1) is 0 Å². The molecular formula is C10H17N3OS. The van der Waals surface area contributed by atoms with E-state index in [0.717, 1.165) is 6.54 Å². The van der Waals surface area contributed by atoms with Crippen molar-refractivity contribution in [1.29, 1.82) is 0 Å². The molecule has 0 saturated carbocycles. The first kappa shape index (κ1) is 12.0. The van der Waals surface area contributed by atoms with Gasteiger partial charge in [0.15, 0.2) is 0 Å². The van der Waals surface area contributed by atoms with Crippen LogP contribution in [0.15, 0.2) is 16.6 Å². The van der Waals surface area contributed by atoms with Gasteiger partial charge in [-0.25, -0.2) is 0 Å². The van der Waals surface area contributed by atoms with Gasteiger partial charge >= 0.3 is 0 Å². The zero-order chi connectivity index (χ0) is 11.3. The van der Waals surface area contributed by atoms with E-state index in [9.17, 15) is 0 Å². The first-order valence-corrected chi connectivity index (χ1v) is 5.74. The Morgan fingerprint density at radius 1 is 1.73 bits per heavy atom. The lowest BCUT2D eigenvalue weighted by Crippen LogP contribution is -2.30. The van der Waals surface area contributed by atoms with Crippen molar-refractivity contribution in [3.05, 3.63) is 21.9 Å². The zero-order valence-electron chi connectivity index (χ0n) is 9.03. The maximum Gasteiger partial charge on any atom is 0.140 e. The minimum Gasteiger partial charge on any atom is -0.409 e. The molecule has 1 unspecified atom stereocenters. The number of hydrogen-bond donors (Lipinski definition) is 3.